The Morgan fingerprint density at radius 1 is 0.968 bits per heavy atom. The van der Waals surface area contributed by atoms with Crippen molar-refractivity contribution < 1.29 is 9.59 Å². The highest BCUT2D eigenvalue weighted by molar-refractivity contribution is 7.16. The topological polar surface area (TPSA) is 88.9 Å². The van der Waals surface area contributed by atoms with E-state index in [1.54, 1.807) is 35.3 Å². The molecule has 0 aliphatic heterocycles. The molecule has 2 heterocycles. The van der Waals surface area contributed by atoms with Crippen LogP contribution in [0.2, 0.25) is 0 Å². The molecule has 31 heavy (non-hydrogen) atoms. The first-order chi connectivity index (χ1) is 15.2. The van der Waals surface area contributed by atoms with E-state index in [0.717, 1.165) is 18.5 Å². The first kappa shape index (κ1) is 19.2. The number of thiophene rings is 1. The fourth-order valence-corrected chi connectivity index (χ4v) is 4.55. The van der Waals surface area contributed by atoms with Gasteiger partial charge in [-0.15, -0.1) is 11.3 Å². The van der Waals surface area contributed by atoms with Crippen LogP contribution in [0.25, 0.3) is 5.69 Å². The van der Waals surface area contributed by atoms with Gasteiger partial charge in [0, 0.05) is 5.69 Å². The van der Waals surface area contributed by atoms with E-state index in [9.17, 15) is 9.59 Å². The molecular formula is C23H19N5O2S. The average molecular weight is 430 g/mol. The van der Waals surface area contributed by atoms with E-state index >= 15 is 0 Å². The monoisotopic (exact) mass is 429 g/mol. The number of carbonyl (C=O) groups is 2. The highest BCUT2D eigenvalue weighted by atomic mass is 32.1. The molecule has 0 bridgehead atoms. The van der Waals surface area contributed by atoms with Gasteiger partial charge < -0.3 is 10.6 Å². The summed E-state index contributed by atoms with van der Waals surface area (Å²) < 4.78 is 1.64. The van der Waals surface area contributed by atoms with Crippen molar-refractivity contribution in [3.63, 3.8) is 0 Å². The molecule has 7 nitrogen and oxygen atoms in total. The van der Waals surface area contributed by atoms with E-state index < -0.39 is 0 Å². The lowest BCUT2D eigenvalue weighted by Gasteiger charge is -2.13. The third kappa shape index (κ3) is 3.97. The van der Waals surface area contributed by atoms with Crippen molar-refractivity contribution in [1.82, 2.24) is 20.1 Å². The summed E-state index contributed by atoms with van der Waals surface area (Å²) in [5.74, 6) is -0.397. The van der Waals surface area contributed by atoms with Gasteiger partial charge in [0.2, 0.25) is 0 Å². The minimum atomic E-state index is -0.247. The summed E-state index contributed by atoms with van der Waals surface area (Å²) in [5.41, 5.74) is 3.98. The SMILES string of the molecule is O=C(Nc1ccc(-n2cncn2)cc1)c1ccc(C(=O)N[C@@H]2CCc3ccccc32)s1. The van der Waals surface area contributed by atoms with Crippen LogP contribution in [0.1, 0.15) is 42.9 Å². The number of nitrogens with one attached hydrogen (secondary N) is 2. The maximum Gasteiger partial charge on any atom is 0.265 e. The molecule has 2 amide bonds. The Bertz CT molecular complexity index is 1230. The lowest BCUT2D eigenvalue weighted by Crippen LogP contribution is -2.26. The average Bonchev–Trinajstić information content (AvgIpc) is 3.55. The number of anilines is 1. The Morgan fingerprint density at radius 3 is 2.52 bits per heavy atom. The molecule has 0 saturated carbocycles. The van der Waals surface area contributed by atoms with Crippen LogP contribution in [-0.2, 0) is 6.42 Å². The number of aryl methyl sites for hydroxylation is 1. The molecule has 0 saturated heterocycles. The van der Waals surface area contributed by atoms with Crippen LogP contribution in [0.15, 0.2) is 73.3 Å². The lowest BCUT2D eigenvalue weighted by molar-refractivity contribution is 0.0940. The third-order valence-corrected chi connectivity index (χ3v) is 6.38. The summed E-state index contributed by atoms with van der Waals surface area (Å²) in [6.45, 7) is 0. The van der Waals surface area contributed by atoms with Gasteiger partial charge in [0.25, 0.3) is 11.8 Å². The zero-order valence-electron chi connectivity index (χ0n) is 16.5. The highest BCUT2D eigenvalue weighted by Gasteiger charge is 2.24. The van der Waals surface area contributed by atoms with Gasteiger partial charge in [-0.25, -0.2) is 9.67 Å². The van der Waals surface area contributed by atoms with Gasteiger partial charge in [0.15, 0.2) is 0 Å². The summed E-state index contributed by atoms with van der Waals surface area (Å²) in [5, 5.41) is 10.0. The van der Waals surface area contributed by atoms with Crippen molar-refractivity contribution in [3.05, 3.63) is 94.2 Å². The van der Waals surface area contributed by atoms with Crippen molar-refractivity contribution in [1.29, 1.82) is 0 Å². The number of benzene rings is 2. The molecule has 2 aromatic carbocycles. The van der Waals surface area contributed by atoms with Crippen LogP contribution in [-0.4, -0.2) is 26.6 Å². The van der Waals surface area contributed by atoms with Gasteiger partial charge in [-0.2, -0.15) is 5.10 Å². The van der Waals surface area contributed by atoms with E-state index in [-0.39, 0.29) is 17.9 Å². The van der Waals surface area contributed by atoms with Crippen molar-refractivity contribution >= 4 is 28.8 Å². The largest absolute Gasteiger partial charge is 0.345 e. The minimum absolute atomic E-state index is 0.0200. The van der Waals surface area contributed by atoms with Crippen LogP contribution in [0.5, 0.6) is 0 Å². The Kier molecular flexibility index (Phi) is 5.05. The Hall–Kier alpha value is -3.78. The second kappa shape index (κ2) is 8.16. The molecule has 1 aliphatic carbocycles. The van der Waals surface area contributed by atoms with Gasteiger partial charge in [0.1, 0.15) is 12.7 Å². The number of carbonyl (C=O) groups excluding carboxylic acids is 2. The third-order valence-electron chi connectivity index (χ3n) is 5.30. The highest BCUT2D eigenvalue weighted by Crippen LogP contribution is 2.31. The van der Waals surface area contributed by atoms with Gasteiger partial charge in [-0.3, -0.25) is 9.59 Å². The van der Waals surface area contributed by atoms with Crippen LogP contribution >= 0.6 is 11.3 Å². The fraction of sp³-hybridized carbons (Fsp3) is 0.130. The van der Waals surface area contributed by atoms with E-state index in [2.05, 4.69) is 32.8 Å². The number of nitrogens with zero attached hydrogens (tertiary/aromatic N) is 3. The summed E-state index contributed by atoms with van der Waals surface area (Å²) in [6.07, 6.45) is 4.94. The summed E-state index contributed by atoms with van der Waals surface area (Å²) in [6, 6.07) is 18.9. The van der Waals surface area contributed by atoms with Crippen LogP contribution in [0, 0.1) is 0 Å². The van der Waals surface area contributed by atoms with Crippen LogP contribution in [0.3, 0.4) is 0 Å². The van der Waals surface area contributed by atoms with Gasteiger partial charge in [0.05, 0.1) is 21.5 Å². The molecular weight excluding hydrogens is 410 g/mol. The Balaban J connectivity index is 1.23. The molecule has 0 fully saturated rings. The standard InChI is InChI=1S/C23H19N5O2S/c29-22(26-16-6-8-17(9-7-16)28-14-24-13-25-28)20-11-12-21(31-20)23(30)27-19-10-5-15-3-1-2-4-18(15)19/h1-4,6-9,11-14,19H,5,10H2,(H,26,29)(H,27,30)/t19-/m1/s1. The van der Waals surface area contributed by atoms with E-state index in [0.29, 0.717) is 15.4 Å². The van der Waals surface area contributed by atoms with Crippen molar-refractivity contribution in [2.75, 3.05) is 5.32 Å². The zero-order chi connectivity index (χ0) is 21.2. The Morgan fingerprint density at radius 2 is 1.74 bits per heavy atom. The quantitative estimate of drug-likeness (QED) is 0.502. The summed E-state index contributed by atoms with van der Waals surface area (Å²) >= 11 is 1.19. The number of aromatic nitrogens is 3. The predicted octanol–water partition coefficient (Wildman–Crippen LogP) is 4.00. The number of hydrogen-bond acceptors (Lipinski definition) is 5. The number of amides is 2. The van der Waals surface area contributed by atoms with Crippen molar-refractivity contribution in [3.8, 4) is 5.69 Å². The second-order valence-corrected chi connectivity index (χ2v) is 8.35. The maximum absolute atomic E-state index is 12.7. The number of fused-ring (bicyclic) bond motifs is 1. The van der Waals surface area contributed by atoms with Crippen molar-refractivity contribution in [2.45, 2.75) is 18.9 Å². The first-order valence-electron chi connectivity index (χ1n) is 9.92. The molecule has 8 heteroatoms. The van der Waals surface area contributed by atoms with Gasteiger partial charge in [-0.1, -0.05) is 24.3 Å². The molecule has 4 aromatic rings. The molecule has 0 unspecified atom stereocenters. The van der Waals surface area contributed by atoms with Gasteiger partial charge >= 0.3 is 0 Å². The van der Waals surface area contributed by atoms with Crippen molar-refractivity contribution in [2.24, 2.45) is 0 Å². The van der Waals surface area contributed by atoms with Crippen LogP contribution in [0.4, 0.5) is 5.69 Å². The second-order valence-electron chi connectivity index (χ2n) is 7.27. The predicted molar refractivity (Wildman–Crippen MR) is 119 cm³/mol. The fourth-order valence-electron chi connectivity index (χ4n) is 3.75. The molecule has 0 radical (unpaired) electrons. The molecule has 1 atom stereocenters. The first-order valence-corrected chi connectivity index (χ1v) is 10.7. The molecule has 2 N–H and O–H groups in total. The molecule has 154 valence electrons. The molecule has 2 aromatic heterocycles. The van der Waals surface area contributed by atoms with Gasteiger partial charge in [-0.05, 0) is 60.4 Å². The van der Waals surface area contributed by atoms with E-state index in [1.165, 1.54) is 28.8 Å². The Labute approximate surface area is 182 Å². The summed E-state index contributed by atoms with van der Waals surface area (Å²) in [7, 11) is 0. The lowest BCUT2D eigenvalue weighted by atomic mass is 10.1. The normalized spacial score (nSPS) is 14.8. The van der Waals surface area contributed by atoms with E-state index in [4.69, 9.17) is 0 Å². The number of rotatable bonds is 5. The zero-order valence-corrected chi connectivity index (χ0v) is 17.3. The number of hydrogen-bond donors (Lipinski definition) is 2. The minimum Gasteiger partial charge on any atom is -0.345 e. The smallest absolute Gasteiger partial charge is 0.265 e. The summed E-state index contributed by atoms with van der Waals surface area (Å²) in [4.78, 5) is 30.2. The van der Waals surface area contributed by atoms with E-state index in [1.807, 2.05) is 24.3 Å². The molecule has 1 aliphatic rings. The van der Waals surface area contributed by atoms with Crippen LogP contribution < -0.4 is 10.6 Å². The molecule has 5 rings (SSSR count). The molecule has 0 spiro atoms. The maximum atomic E-state index is 12.7.